The molecule has 1 rings (SSSR count). The molecule has 0 spiro atoms. The molecule has 0 aliphatic heterocycles. The number of carbonyl (C=O) groups is 1. The molecule has 0 aliphatic rings. The van der Waals surface area contributed by atoms with Gasteiger partial charge >= 0.3 is 0 Å². The number of aliphatic imine (C=N–C) groups is 1. The molecule has 1 aromatic rings. The normalized spacial score (nSPS) is 13.6. The lowest BCUT2D eigenvalue weighted by molar-refractivity contribution is 0.0961. The summed E-state index contributed by atoms with van der Waals surface area (Å²) in [5.74, 6) is -0.577. The van der Waals surface area contributed by atoms with E-state index in [1.807, 2.05) is 13.8 Å². The third-order valence-electron chi connectivity index (χ3n) is 2.67. The molecule has 0 bridgehead atoms. The number of carbonyl (C=O) groups excluding carboxylic acids is 1. The summed E-state index contributed by atoms with van der Waals surface area (Å²) in [5.41, 5.74) is 1.40. The Kier molecular flexibility index (Phi) is 4.35. The van der Waals surface area contributed by atoms with Gasteiger partial charge < -0.3 is 0 Å². The maximum atomic E-state index is 12.7. The Morgan fingerprint density at radius 3 is 2.38 bits per heavy atom. The van der Waals surface area contributed by atoms with Crippen LogP contribution in [0.1, 0.15) is 30.6 Å². The van der Waals surface area contributed by atoms with Gasteiger partial charge in [0.15, 0.2) is 5.78 Å². The van der Waals surface area contributed by atoms with Crippen molar-refractivity contribution in [3.8, 4) is 0 Å². The van der Waals surface area contributed by atoms with Crippen LogP contribution in [-0.2, 0) is 0 Å². The van der Waals surface area contributed by atoms with Gasteiger partial charge in [0.05, 0.1) is 5.92 Å². The molecule has 86 valence electrons. The molecule has 1 aromatic carbocycles. The highest BCUT2D eigenvalue weighted by molar-refractivity contribution is 6.11. The van der Waals surface area contributed by atoms with Crippen LogP contribution >= 0.6 is 0 Å². The Balaban J connectivity index is 2.90. The van der Waals surface area contributed by atoms with Crippen molar-refractivity contribution in [2.75, 3.05) is 7.05 Å². The molecule has 2 nitrogen and oxygen atoms in total. The molecule has 0 amide bonds. The van der Waals surface area contributed by atoms with Gasteiger partial charge in [-0.3, -0.25) is 9.79 Å². The van der Waals surface area contributed by atoms with E-state index in [4.69, 9.17) is 0 Å². The Labute approximate surface area is 95.2 Å². The fourth-order valence-electron chi connectivity index (χ4n) is 1.67. The molecule has 0 N–H and O–H groups in total. The molecule has 0 saturated carbocycles. The summed E-state index contributed by atoms with van der Waals surface area (Å²) in [6.45, 7) is 3.80. The number of nitrogens with zero attached hydrogens (tertiary/aromatic N) is 1. The van der Waals surface area contributed by atoms with Gasteiger partial charge in [-0.25, -0.2) is 4.39 Å². The van der Waals surface area contributed by atoms with Gasteiger partial charge in [-0.05, 0) is 37.6 Å². The highest BCUT2D eigenvalue weighted by atomic mass is 19.1. The van der Waals surface area contributed by atoms with Crippen molar-refractivity contribution in [1.82, 2.24) is 0 Å². The average molecular weight is 221 g/mol. The van der Waals surface area contributed by atoms with Crippen LogP contribution in [0.4, 0.5) is 4.39 Å². The highest BCUT2D eigenvalue weighted by Crippen LogP contribution is 2.13. The molecule has 1 unspecified atom stereocenters. The molecule has 0 aliphatic carbocycles. The van der Waals surface area contributed by atoms with Gasteiger partial charge in [0.1, 0.15) is 5.82 Å². The van der Waals surface area contributed by atoms with Crippen LogP contribution < -0.4 is 0 Å². The zero-order valence-corrected chi connectivity index (χ0v) is 9.83. The first-order valence-corrected chi connectivity index (χ1v) is 5.35. The number of halogens is 1. The van der Waals surface area contributed by atoms with Crippen molar-refractivity contribution in [3.05, 3.63) is 35.6 Å². The van der Waals surface area contributed by atoms with Crippen molar-refractivity contribution in [2.45, 2.75) is 20.3 Å². The first kappa shape index (κ1) is 12.6. The predicted molar refractivity (Wildman–Crippen MR) is 63.5 cm³/mol. The second-order valence-corrected chi connectivity index (χ2v) is 3.66. The summed E-state index contributed by atoms with van der Waals surface area (Å²) < 4.78 is 12.7. The molecule has 0 aromatic heterocycles. The van der Waals surface area contributed by atoms with Gasteiger partial charge in [0.25, 0.3) is 0 Å². The zero-order chi connectivity index (χ0) is 12.1. The van der Waals surface area contributed by atoms with E-state index in [1.165, 1.54) is 24.3 Å². The third-order valence-corrected chi connectivity index (χ3v) is 2.67. The Morgan fingerprint density at radius 2 is 1.94 bits per heavy atom. The van der Waals surface area contributed by atoms with Gasteiger partial charge in [0.2, 0.25) is 0 Å². The van der Waals surface area contributed by atoms with Crippen LogP contribution in [0.3, 0.4) is 0 Å². The lowest BCUT2D eigenvalue weighted by atomic mass is 9.93. The summed E-state index contributed by atoms with van der Waals surface area (Å²) >= 11 is 0. The molecule has 0 saturated heterocycles. The molecule has 0 fully saturated rings. The molecular weight excluding hydrogens is 205 g/mol. The standard InChI is InChI=1S/C13H16FNO/c1-4-12(15-3)9(2)13(16)10-5-7-11(14)8-6-10/h5-9H,4H2,1-3H3. The molecule has 0 radical (unpaired) electrons. The maximum Gasteiger partial charge on any atom is 0.171 e. The van der Waals surface area contributed by atoms with E-state index in [9.17, 15) is 9.18 Å². The SMILES string of the molecule is CCC(=NC)C(C)C(=O)c1ccc(F)cc1. The second-order valence-electron chi connectivity index (χ2n) is 3.66. The van der Waals surface area contributed by atoms with E-state index in [2.05, 4.69) is 4.99 Å². The first-order chi connectivity index (χ1) is 7.60. The van der Waals surface area contributed by atoms with E-state index in [-0.39, 0.29) is 17.5 Å². The quantitative estimate of drug-likeness (QED) is 0.567. The van der Waals surface area contributed by atoms with Crippen LogP contribution in [0.2, 0.25) is 0 Å². The minimum atomic E-state index is -0.330. The summed E-state index contributed by atoms with van der Waals surface area (Å²) in [7, 11) is 1.69. The van der Waals surface area contributed by atoms with Crippen LogP contribution in [0.15, 0.2) is 29.3 Å². The second kappa shape index (κ2) is 5.54. The van der Waals surface area contributed by atoms with E-state index in [0.717, 1.165) is 12.1 Å². The zero-order valence-electron chi connectivity index (χ0n) is 9.83. The highest BCUT2D eigenvalue weighted by Gasteiger charge is 2.18. The summed E-state index contributed by atoms with van der Waals surface area (Å²) in [6, 6.07) is 5.62. The van der Waals surface area contributed by atoms with E-state index in [1.54, 1.807) is 7.05 Å². The van der Waals surface area contributed by atoms with Crippen molar-refractivity contribution in [3.63, 3.8) is 0 Å². The van der Waals surface area contributed by atoms with E-state index < -0.39 is 0 Å². The Bertz CT molecular complexity index is 395. The number of benzene rings is 1. The summed E-state index contributed by atoms with van der Waals surface area (Å²) in [6.07, 6.45) is 0.755. The largest absolute Gasteiger partial charge is 0.297 e. The van der Waals surface area contributed by atoms with Crippen molar-refractivity contribution >= 4 is 11.5 Å². The number of ketones is 1. The van der Waals surface area contributed by atoms with Crippen LogP contribution in [-0.4, -0.2) is 18.5 Å². The molecule has 3 heteroatoms. The minimum Gasteiger partial charge on any atom is -0.297 e. The first-order valence-electron chi connectivity index (χ1n) is 5.35. The van der Waals surface area contributed by atoms with Crippen LogP contribution in [0.5, 0.6) is 0 Å². The number of hydrogen-bond donors (Lipinski definition) is 0. The number of hydrogen-bond acceptors (Lipinski definition) is 2. The van der Waals surface area contributed by atoms with Gasteiger partial charge in [0, 0.05) is 18.3 Å². The average Bonchev–Trinajstić information content (AvgIpc) is 2.30. The number of rotatable bonds is 4. The smallest absolute Gasteiger partial charge is 0.171 e. The van der Waals surface area contributed by atoms with Crippen molar-refractivity contribution in [2.24, 2.45) is 10.9 Å². The van der Waals surface area contributed by atoms with E-state index >= 15 is 0 Å². The predicted octanol–water partition coefficient (Wildman–Crippen LogP) is 3.13. The fourth-order valence-corrected chi connectivity index (χ4v) is 1.67. The summed E-state index contributed by atoms with van der Waals surface area (Å²) in [5, 5.41) is 0. The Hall–Kier alpha value is -1.51. The van der Waals surface area contributed by atoms with Gasteiger partial charge in [-0.2, -0.15) is 0 Å². The lowest BCUT2D eigenvalue weighted by Crippen LogP contribution is -2.20. The summed E-state index contributed by atoms with van der Waals surface area (Å²) in [4.78, 5) is 16.1. The third kappa shape index (κ3) is 2.75. The monoisotopic (exact) mass is 221 g/mol. The minimum absolute atomic E-state index is 0.0116. The number of Topliss-reactive ketones (excluding diaryl/α,β-unsaturated/α-hetero) is 1. The van der Waals surface area contributed by atoms with Gasteiger partial charge in [-0.15, -0.1) is 0 Å². The fraction of sp³-hybridized carbons (Fsp3) is 0.385. The molecular formula is C13H16FNO. The molecule has 1 atom stereocenters. The van der Waals surface area contributed by atoms with Crippen LogP contribution in [0, 0.1) is 11.7 Å². The van der Waals surface area contributed by atoms with Crippen molar-refractivity contribution in [1.29, 1.82) is 0 Å². The molecule has 0 heterocycles. The Morgan fingerprint density at radius 1 is 1.38 bits per heavy atom. The maximum absolute atomic E-state index is 12.7. The van der Waals surface area contributed by atoms with E-state index in [0.29, 0.717) is 5.56 Å². The van der Waals surface area contributed by atoms with Crippen molar-refractivity contribution < 1.29 is 9.18 Å². The van der Waals surface area contributed by atoms with Gasteiger partial charge in [-0.1, -0.05) is 6.92 Å². The topological polar surface area (TPSA) is 29.4 Å². The lowest BCUT2D eigenvalue weighted by Gasteiger charge is -2.11. The van der Waals surface area contributed by atoms with Crippen LogP contribution in [0.25, 0.3) is 0 Å². The molecule has 16 heavy (non-hydrogen) atoms.